The molecule has 0 bridgehead atoms. The fourth-order valence-corrected chi connectivity index (χ4v) is 5.31. The standard InChI is InChI=1S/C29H34FN3O.C4H10.C2H6/c1-18-15-22(8-10-24(18)26-13-14-31-17-27(26)30)29(34-3)32-19(2)20-7-11-25-21(16-20)9-12-28(25)33-23-5-4-6-23;1-3-4-2;1-2/h7-8,10-11,13-17,19,23,28-29,32-33H,4-6,9,12H2,1-3H3;3-4H2,1-2H3;1-2H3. The highest BCUT2D eigenvalue weighted by Crippen LogP contribution is 2.36. The van der Waals surface area contributed by atoms with E-state index < -0.39 is 0 Å². The van der Waals surface area contributed by atoms with Gasteiger partial charge in [0.1, 0.15) is 12.0 Å². The molecule has 3 aromatic rings. The molecule has 3 unspecified atom stereocenters. The number of benzene rings is 2. The Morgan fingerprint density at radius 1 is 0.975 bits per heavy atom. The van der Waals surface area contributed by atoms with Gasteiger partial charge in [-0.1, -0.05) is 83.4 Å². The van der Waals surface area contributed by atoms with E-state index in [0.717, 1.165) is 23.1 Å². The maximum Gasteiger partial charge on any atom is 0.149 e. The summed E-state index contributed by atoms with van der Waals surface area (Å²) < 4.78 is 20.1. The lowest BCUT2D eigenvalue weighted by Gasteiger charge is -2.30. The molecular formula is C35H50FN3O. The minimum Gasteiger partial charge on any atom is -0.362 e. The van der Waals surface area contributed by atoms with Crippen LogP contribution in [-0.4, -0.2) is 18.1 Å². The molecule has 3 atom stereocenters. The van der Waals surface area contributed by atoms with Gasteiger partial charge < -0.3 is 10.1 Å². The quantitative estimate of drug-likeness (QED) is 0.262. The highest BCUT2D eigenvalue weighted by molar-refractivity contribution is 5.67. The fraction of sp³-hybridized carbons (Fsp3) is 0.514. The van der Waals surface area contributed by atoms with Crippen LogP contribution in [0.3, 0.4) is 0 Å². The molecule has 1 fully saturated rings. The van der Waals surface area contributed by atoms with E-state index in [2.05, 4.69) is 60.7 Å². The number of rotatable bonds is 9. The molecule has 2 aliphatic rings. The summed E-state index contributed by atoms with van der Waals surface area (Å²) in [4.78, 5) is 3.86. The third kappa shape index (κ3) is 7.99. The second-order valence-corrected chi connectivity index (χ2v) is 10.8. The minimum atomic E-state index is -0.310. The zero-order chi connectivity index (χ0) is 29.1. The molecule has 2 aromatic carbocycles. The summed E-state index contributed by atoms with van der Waals surface area (Å²) in [7, 11) is 1.72. The highest BCUT2D eigenvalue weighted by Gasteiger charge is 2.28. The topological polar surface area (TPSA) is 46.2 Å². The van der Waals surface area contributed by atoms with Crippen molar-refractivity contribution in [1.82, 2.24) is 15.6 Å². The van der Waals surface area contributed by atoms with Crippen LogP contribution in [0.4, 0.5) is 4.39 Å². The Kier molecular flexibility index (Phi) is 12.8. The number of ether oxygens (including phenoxy) is 1. The molecule has 1 aromatic heterocycles. The van der Waals surface area contributed by atoms with E-state index in [1.807, 2.05) is 32.9 Å². The molecular weight excluding hydrogens is 497 g/mol. The normalized spacial score (nSPS) is 17.4. The second-order valence-electron chi connectivity index (χ2n) is 10.8. The number of nitrogens with zero attached hydrogens (tertiary/aromatic N) is 1. The van der Waals surface area contributed by atoms with E-state index in [1.165, 1.54) is 61.4 Å². The Balaban J connectivity index is 0.000000677. The molecule has 5 heteroatoms. The van der Waals surface area contributed by atoms with Crippen LogP contribution in [0.25, 0.3) is 11.1 Å². The number of unbranched alkanes of at least 4 members (excludes halogenated alkanes) is 1. The Bertz CT molecular complexity index is 1190. The maximum absolute atomic E-state index is 14.2. The smallest absolute Gasteiger partial charge is 0.149 e. The van der Waals surface area contributed by atoms with Crippen molar-refractivity contribution in [3.8, 4) is 11.1 Å². The average molecular weight is 548 g/mol. The fourth-order valence-electron chi connectivity index (χ4n) is 5.31. The predicted molar refractivity (Wildman–Crippen MR) is 166 cm³/mol. The SMILES string of the molecule is CC.CCCC.COC(NC(C)c1ccc2c(c1)CCC2NC1CCC1)c1ccc(-c2ccncc2F)c(C)c1. The maximum atomic E-state index is 14.2. The number of aromatic nitrogens is 1. The molecule has 0 radical (unpaired) electrons. The molecule has 0 spiro atoms. The van der Waals surface area contributed by atoms with Crippen molar-refractivity contribution < 1.29 is 9.13 Å². The lowest BCUT2D eigenvalue weighted by Crippen LogP contribution is -2.37. The van der Waals surface area contributed by atoms with Crippen molar-refractivity contribution in [3.05, 3.63) is 88.5 Å². The van der Waals surface area contributed by atoms with Crippen molar-refractivity contribution in [2.45, 2.75) is 111 Å². The van der Waals surface area contributed by atoms with Gasteiger partial charge in [-0.25, -0.2) is 4.39 Å². The minimum absolute atomic E-state index is 0.131. The zero-order valence-electron chi connectivity index (χ0n) is 25.7. The first kappa shape index (κ1) is 31.9. The second kappa shape index (κ2) is 16.0. The largest absolute Gasteiger partial charge is 0.362 e. The summed E-state index contributed by atoms with van der Waals surface area (Å²) in [5.41, 5.74) is 7.68. The molecule has 5 rings (SSSR count). The summed E-state index contributed by atoms with van der Waals surface area (Å²) in [5.74, 6) is -0.310. The van der Waals surface area contributed by atoms with E-state index in [4.69, 9.17) is 4.74 Å². The van der Waals surface area contributed by atoms with Gasteiger partial charge in [0, 0.05) is 37.0 Å². The number of hydrogen-bond acceptors (Lipinski definition) is 4. The molecule has 1 heterocycles. The molecule has 4 nitrogen and oxygen atoms in total. The van der Waals surface area contributed by atoms with Crippen LogP contribution in [0.5, 0.6) is 0 Å². The average Bonchev–Trinajstić information content (AvgIpc) is 3.37. The first-order chi connectivity index (χ1) is 19.4. The van der Waals surface area contributed by atoms with Crippen molar-refractivity contribution in [2.75, 3.05) is 7.11 Å². The predicted octanol–water partition coefficient (Wildman–Crippen LogP) is 9.15. The van der Waals surface area contributed by atoms with Gasteiger partial charge in [0.2, 0.25) is 0 Å². The number of methoxy groups -OCH3 is 1. The molecule has 0 aliphatic heterocycles. The number of hydrogen-bond donors (Lipinski definition) is 2. The summed E-state index contributed by atoms with van der Waals surface area (Å²) in [6.45, 7) is 12.5. The van der Waals surface area contributed by atoms with Crippen molar-refractivity contribution in [3.63, 3.8) is 0 Å². The van der Waals surface area contributed by atoms with E-state index in [1.54, 1.807) is 19.4 Å². The van der Waals surface area contributed by atoms with Gasteiger partial charge in [-0.2, -0.15) is 0 Å². The highest BCUT2D eigenvalue weighted by atomic mass is 19.1. The Morgan fingerprint density at radius 2 is 1.70 bits per heavy atom. The van der Waals surface area contributed by atoms with Crippen LogP contribution in [-0.2, 0) is 11.2 Å². The van der Waals surface area contributed by atoms with Gasteiger partial charge in [-0.15, -0.1) is 0 Å². The van der Waals surface area contributed by atoms with Crippen LogP contribution in [0.2, 0.25) is 0 Å². The summed E-state index contributed by atoms with van der Waals surface area (Å²) in [6, 6.07) is 16.0. The lowest BCUT2D eigenvalue weighted by molar-refractivity contribution is 0.0644. The Hall–Kier alpha value is -2.60. The molecule has 0 saturated heterocycles. The Morgan fingerprint density at radius 3 is 2.30 bits per heavy atom. The van der Waals surface area contributed by atoms with Crippen molar-refractivity contribution in [2.24, 2.45) is 0 Å². The number of nitrogens with one attached hydrogen (secondary N) is 2. The lowest BCUT2D eigenvalue weighted by atomic mass is 9.91. The van der Waals surface area contributed by atoms with Crippen molar-refractivity contribution in [1.29, 1.82) is 0 Å². The van der Waals surface area contributed by atoms with Crippen LogP contribution in [0, 0.1) is 12.7 Å². The summed E-state index contributed by atoms with van der Waals surface area (Å²) >= 11 is 0. The molecule has 2 N–H and O–H groups in total. The van der Waals surface area contributed by atoms with Gasteiger partial charge in [0.25, 0.3) is 0 Å². The first-order valence-electron chi connectivity index (χ1n) is 15.3. The first-order valence-corrected chi connectivity index (χ1v) is 15.3. The summed E-state index contributed by atoms with van der Waals surface area (Å²) in [6.07, 6.45) is 11.6. The van der Waals surface area contributed by atoms with Gasteiger partial charge in [0.15, 0.2) is 0 Å². The molecule has 2 aliphatic carbocycles. The summed E-state index contributed by atoms with van der Waals surface area (Å²) in [5, 5.41) is 7.47. The molecule has 40 heavy (non-hydrogen) atoms. The number of pyridine rings is 1. The van der Waals surface area contributed by atoms with Crippen LogP contribution in [0.15, 0.2) is 54.9 Å². The number of halogens is 1. The molecule has 0 amide bonds. The van der Waals surface area contributed by atoms with E-state index >= 15 is 0 Å². The molecule has 1 saturated carbocycles. The number of fused-ring (bicyclic) bond motifs is 1. The molecule has 218 valence electrons. The van der Waals surface area contributed by atoms with Gasteiger partial charge in [0.05, 0.1) is 6.20 Å². The van der Waals surface area contributed by atoms with Crippen LogP contribution < -0.4 is 10.6 Å². The monoisotopic (exact) mass is 547 g/mol. The Labute approximate surface area is 242 Å². The van der Waals surface area contributed by atoms with E-state index in [-0.39, 0.29) is 18.1 Å². The van der Waals surface area contributed by atoms with Crippen molar-refractivity contribution >= 4 is 0 Å². The van der Waals surface area contributed by atoms with Crippen LogP contribution >= 0.6 is 0 Å². The zero-order valence-corrected chi connectivity index (χ0v) is 25.7. The van der Waals surface area contributed by atoms with E-state index in [9.17, 15) is 4.39 Å². The van der Waals surface area contributed by atoms with Gasteiger partial charge in [-0.3, -0.25) is 10.3 Å². The van der Waals surface area contributed by atoms with E-state index in [0.29, 0.717) is 17.6 Å². The number of aryl methyl sites for hydroxylation is 2. The van der Waals surface area contributed by atoms with Gasteiger partial charge in [-0.05, 0) is 79.0 Å². The third-order valence-electron chi connectivity index (χ3n) is 8.04. The van der Waals surface area contributed by atoms with Crippen LogP contribution in [0.1, 0.15) is 119 Å². The third-order valence-corrected chi connectivity index (χ3v) is 8.04. The van der Waals surface area contributed by atoms with Gasteiger partial charge >= 0.3 is 0 Å².